The number of aliphatic hydroxyl groups excluding tert-OH is 1. The SMILES string of the molecule is C[C@H]1[C@H](O)CCC2=CC(=O)[C@H]([C@@]3(C)CO3)C[C@@]21C. The third-order valence-electron chi connectivity index (χ3n) is 5.65. The topological polar surface area (TPSA) is 49.8 Å². The Bertz CT molecular complexity index is 421. The summed E-state index contributed by atoms with van der Waals surface area (Å²) in [7, 11) is 0. The van der Waals surface area contributed by atoms with Gasteiger partial charge in [-0.1, -0.05) is 19.4 Å². The lowest BCUT2D eigenvalue weighted by Crippen LogP contribution is -2.47. The molecule has 5 atom stereocenters. The number of carbonyl (C=O) groups excluding carboxylic acids is 1. The summed E-state index contributed by atoms with van der Waals surface area (Å²) >= 11 is 0. The van der Waals surface area contributed by atoms with E-state index in [9.17, 15) is 9.90 Å². The highest BCUT2D eigenvalue weighted by Gasteiger charge is 2.56. The van der Waals surface area contributed by atoms with Crippen LogP contribution in [0.1, 0.15) is 40.0 Å². The Kier molecular flexibility index (Phi) is 2.52. The molecule has 1 heterocycles. The summed E-state index contributed by atoms with van der Waals surface area (Å²) in [5.74, 6) is 0.417. The molecule has 0 radical (unpaired) electrons. The van der Waals surface area contributed by atoms with E-state index in [4.69, 9.17) is 4.74 Å². The van der Waals surface area contributed by atoms with Crippen molar-refractivity contribution in [2.24, 2.45) is 17.3 Å². The molecule has 2 fully saturated rings. The molecule has 0 aromatic rings. The van der Waals surface area contributed by atoms with Gasteiger partial charge in [-0.05, 0) is 43.6 Å². The average molecular weight is 250 g/mol. The molecule has 0 aromatic carbocycles. The van der Waals surface area contributed by atoms with E-state index in [2.05, 4.69) is 13.8 Å². The zero-order valence-electron chi connectivity index (χ0n) is 11.4. The minimum Gasteiger partial charge on any atom is -0.393 e. The van der Waals surface area contributed by atoms with Gasteiger partial charge in [-0.15, -0.1) is 0 Å². The Hall–Kier alpha value is -0.670. The van der Waals surface area contributed by atoms with Crippen molar-refractivity contribution in [1.82, 2.24) is 0 Å². The summed E-state index contributed by atoms with van der Waals surface area (Å²) in [4.78, 5) is 12.2. The van der Waals surface area contributed by atoms with Crippen LogP contribution in [0.4, 0.5) is 0 Å². The Morgan fingerprint density at radius 3 is 2.72 bits per heavy atom. The summed E-state index contributed by atoms with van der Waals surface area (Å²) in [6.07, 6.45) is 4.08. The van der Waals surface area contributed by atoms with E-state index in [1.807, 2.05) is 13.0 Å². The number of aliphatic hydroxyl groups is 1. The number of epoxide rings is 1. The second kappa shape index (κ2) is 3.67. The van der Waals surface area contributed by atoms with Gasteiger partial charge in [0, 0.05) is 0 Å². The van der Waals surface area contributed by atoms with Crippen molar-refractivity contribution in [2.45, 2.75) is 51.7 Å². The zero-order chi connectivity index (χ0) is 13.1. The Balaban J connectivity index is 1.96. The highest BCUT2D eigenvalue weighted by atomic mass is 16.6. The second-order valence-corrected chi connectivity index (χ2v) is 6.74. The summed E-state index contributed by atoms with van der Waals surface area (Å²) in [6.45, 7) is 7.04. The van der Waals surface area contributed by atoms with Crippen molar-refractivity contribution in [3.05, 3.63) is 11.6 Å². The molecule has 0 unspecified atom stereocenters. The van der Waals surface area contributed by atoms with Crippen LogP contribution in [0.3, 0.4) is 0 Å². The van der Waals surface area contributed by atoms with Crippen molar-refractivity contribution >= 4 is 5.78 Å². The first kappa shape index (κ1) is 12.4. The molecular weight excluding hydrogens is 228 g/mol. The molecule has 1 aliphatic heterocycles. The number of carbonyl (C=O) groups is 1. The largest absolute Gasteiger partial charge is 0.393 e. The zero-order valence-corrected chi connectivity index (χ0v) is 11.4. The van der Waals surface area contributed by atoms with Gasteiger partial charge < -0.3 is 9.84 Å². The molecule has 18 heavy (non-hydrogen) atoms. The normalized spacial score (nSPS) is 51.7. The number of hydrogen-bond donors (Lipinski definition) is 1. The van der Waals surface area contributed by atoms with Crippen LogP contribution >= 0.6 is 0 Å². The first-order chi connectivity index (χ1) is 8.37. The molecule has 0 amide bonds. The Labute approximate surface area is 108 Å². The molecule has 3 rings (SSSR count). The van der Waals surface area contributed by atoms with Crippen molar-refractivity contribution in [2.75, 3.05) is 6.61 Å². The van der Waals surface area contributed by atoms with E-state index in [-0.39, 0.29) is 34.7 Å². The molecule has 0 aromatic heterocycles. The van der Waals surface area contributed by atoms with Gasteiger partial charge >= 0.3 is 0 Å². The van der Waals surface area contributed by atoms with Crippen LogP contribution in [0.15, 0.2) is 11.6 Å². The number of ketones is 1. The summed E-state index contributed by atoms with van der Waals surface area (Å²) in [6, 6.07) is 0. The molecule has 3 aliphatic rings. The molecule has 3 nitrogen and oxygen atoms in total. The minimum atomic E-state index is -0.246. The number of ether oxygens (including phenoxy) is 1. The van der Waals surface area contributed by atoms with Gasteiger partial charge in [0.15, 0.2) is 5.78 Å². The third-order valence-corrected chi connectivity index (χ3v) is 5.65. The predicted octanol–water partition coefficient (Wildman–Crippen LogP) is 2.09. The van der Waals surface area contributed by atoms with Gasteiger partial charge in [0.2, 0.25) is 0 Å². The second-order valence-electron chi connectivity index (χ2n) is 6.74. The van der Waals surface area contributed by atoms with Crippen molar-refractivity contribution in [1.29, 1.82) is 0 Å². The van der Waals surface area contributed by atoms with Crippen LogP contribution in [-0.4, -0.2) is 29.2 Å². The van der Waals surface area contributed by atoms with Crippen LogP contribution in [0.5, 0.6) is 0 Å². The van der Waals surface area contributed by atoms with Crippen molar-refractivity contribution in [3.8, 4) is 0 Å². The van der Waals surface area contributed by atoms with Gasteiger partial charge in [0.1, 0.15) is 0 Å². The smallest absolute Gasteiger partial charge is 0.161 e. The molecule has 100 valence electrons. The Morgan fingerprint density at radius 2 is 2.11 bits per heavy atom. The van der Waals surface area contributed by atoms with Gasteiger partial charge in [-0.2, -0.15) is 0 Å². The lowest BCUT2D eigenvalue weighted by atomic mass is 9.56. The molecule has 0 bridgehead atoms. The molecule has 2 aliphatic carbocycles. The van der Waals surface area contributed by atoms with Gasteiger partial charge in [-0.25, -0.2) is 0 Å². The van der Waals surface area contributed by atoms with Gasteiger partial charge in [0.25, 0.3) is 0 Å². The van der Waals surface area contributed by atoms with Crippen molar-refractivity contribution < 1.29 is 14.6 Å². The third kappa shape index (κ3) is 1.60. The van der Waals surface area contributed by atoms with E-state index < -0.39 is 0 Å². The standard InChI is InChI=1S/C15H22O3/c1-9-12(16)5-4-10-6-13(17)11(7-14(9,10)2)15(3)8-18-15/h6,9,11-12,16H,4-5,7-8H2,1-3H3/t9-,11+,12+,14+,15+/m0/s1. The molecule has 1 saturated heterocycles. The van der Waals surface area contributed by atoms with Crippen LogP contribution in [-0.2, 0) is 9.53 Å². The van der Waals surface area contributed by atoms with Crippen LogP contribution in [0.2, 0.25) is 0 Å². The maximum absolute atomic E-state index is 12.2. The van der Waals surface area contributed by atoms with E-state index >= 15 is 0 Å². The lowest BCUT2D eigenvalue weighted by molar-refractivity contribution is -0.123. The quantitative estimate of drug-likeness (QED) is 0.725. The highest BCUT2D eigenvalue weighted by Crippen LogP contribution is 2.54. The van der Waals surface area contributed by atoms with Crippen LogP contribution in [0, 0.1) is 17.3 Å². The first-order valence-electron chi connectivity index (χ1n) is 6.94. The fraction of sp³-hybridized carbons (Fsp3) is 0.800. The lowest BCUT2D eigenvalue weighted by Gasteiger charge is -2.49. The fourth-order valence-electron chi connectivity index (χ4n) is 3.74. The van der Waals surface area contributed by atoms with Gasteiger partial charge in [0.05, 0.1) is 24.2 Å². The maximum atomic E-state index is 12.2. The summed E-state index contributed by atoms with van der Waals surface area (Å²) in [5, 5.41) is 10.1. The number of hydrogen-bond acceptors (Lipinski definition) is 3. The number of allylic oxidation sites excluding steroid dienone is 2. The fourth-order valence-corrected chi connectivity index (χ4v) is 3.74. The first-order valence-corrected chi connectivity index (χ1v) is 6.94. The van der Waals surface area contributed by atoms with E-state index in [1.54, 1.807) is 0 Å². The van der Waals surface area contributed by atoms with Gasteiger partial charge in [-0.3, -0.25) is 4.79 Å². The highest BCUT2D eigenvalue weighted by molar-refractivity contribution is 5.95. The summed E-state index contributed by atoms with van der Waals surface area (Å²) < 4.78 is 5.48. The minimum absolute atomic E-state index is 0.0287. The predicted molar refractivity (Wildman–Crippen MR) is 68.1 cm³/mol. The monoisotopic (exact) mass is 250 g/mol. The van der Waals surface area contributed by atoms with Crippen molar-refractivity contribution in [3.63, 3.8) is 0 Å². The average Bonchev–Trinajstić information content (AvgIpc) is 3.06. The van der Waals surface area contributed by atoms with E-state index in [1.165, 1.54) is 5.57 Å². The number of rotatable bonds is 1. The van der Waals surface area contributed by atoms with Crippen LogP contribution < -0.4 is 0 Å². The molecule has 1 saturated carbocycles. The summed E-state index contributed by atoms with van der Waals surface area (Å²) in [5.41, 5.74) is 0.959. The molecule has 3 heteroatoms. The Morgan fingerprint density at radius 1 is 1.44 bits per heavy atom. The van der Waals surface area contributed by atoms with Crippen LogP contribution in [0.25, 0.3) is 0 Å². The maximum Gasteiger partial charge on any atom is 0.161 e. The molecular formula is C15H22O3. The van der Waals surface area contributed by atoms with E-state index in [0.717, 1.165) is 19.3 Å². The van der Waals surface area contributed by atoms with E-state index in [0.29, 0.717) is 6.61 Å². The molecule has 0 spiro atoms. The number of fused-ring (bicyclic) bond motifs is 1. The molecule has 1 N–H and O–H groups in total.